The molecule has 3 atom stereocenters. The molecule has 3 aliphatic heterocycles. The molecular formula is C96H84Cl6F9N21O6. The Balaban J connectivity index is 0.000000175. The summed E-state index contributed by atoms with van der Waals surface area (Å²) in [5.41, 5.74) is 12.9. The minimum Gasteiger partial charge on any atom is -0.397 e. The second-order valence-electron chi connectivity index (χ2n) is 33.8. The van der Waals surface area contributed by atoms with Crippen molar-refractivity contribution < 1.29 is 53.9 Å². The van der Waals surface area contributed by atoms with Crippen LogP contribution in [0.2, 0.25) is 30.1 Å². The number of rotatable bonds is 15. The Bertz CT molecular complexity index is 6790. The van der Waals surface area contributed by atoms with Gasteiger partial charge in [-0.05, 0) is 131 Å². The Kier molecular flexibility index (Phi) is 29.5. The maximum Gasteiger partial charge on any atom is 0.276 e. The lowest BCUT2D eigenvalue weighted by atomic mass is 10.0. The van der Waals surface area contributed by atoms with E-state index < -0.39 is 129 Å². The Labute approximate surface area is 813 Å². The van der Waals surface area contributed by atoms with Crippen molar-refractivity contribution in [2.24, 2.45) is 0 Å². The van der Waals surface area contributed by atoms with Crippen molar-refractivity contribution in [2.45, 2.75) is 119 Å². The molecule has 3 fully saturated rings. The van der Waals surface area contributed by atoms with Gasteiger partial charge in [0.05, 0.1) is 111 Å². The molecule has 3 amide bonds. The zero-order chi connectivity index (χ0) is 101. The first-order valence-electron chi connectivity index (χ1n) is 42.6. The highest BCUT2D eigenvalue weighted by atomic mass is 35.5. The van der Waals surface area contributed by atoms with E-state index in [9.17, 15) is 66.5 Å². The highest BCUT2D eigenvalue weighted by Gasteiger charge is 2.40. The van der Waals surface area contributed by atoms with Crippen LogP contribution in [0.1, 0.15) is 131 Å². The number of halogens is 15. The van der Waals surface area contributed by atoms with Crippen molar-refractivity contribution >= 4 is 155 Å². The molecule has 42 heteroatoms. The van der Waals surface area contributed by atoms with Gasteiger partial charge in [0.15, 0.2) is 52.4 Å². The van der Waals surface area contributed by atoms with Gasteiger partial charge in [0.1, 0.15) is 72.6 Å². The van der Waals surface area contributed by atoms with Crippen LogP contribution in [0.25, 0.3) is 83.9 Å². The van der Waals surface area contributed by atoms with Crippen molar-refractivity contribution in [1.29, 1.82) is 15.8 Å². The molecule has 0 saturated carbocycles. The number of carbonyl (C=O) groups excluding carboxylic acids is 3. The number of nitrogen functional groups attached to an aromatic ring is 3. The summed E-state index contributed by atoms with van der Waals surface area (Å²) in [6.45, 7) is 34.8. The predicted octanol–water partition coefficient (Wildman–Crippen LogP) is 18.8. The molecule has 27 nitrogen and oxygen atoms in total. The number of aryl methyl sites for hydroxylation is 3. The van der Waals surface area contributed by atoms with Gasteiger partial charge in [0, 0.05) is 112 Å². The molecule has 714 valence electrons. The van der Waals surface area contributed by atoms with Gasteiger partial charge in [-0.2, -0.15) is 15.8 Å². The molecule has 3 saturated heterocycles. The fourth-order valence-corrected chi connectivity index (χ4v) is 18.9. The lowest BCUT2D eigenvalue weighted by Crippen LogP contribution is -2.54. The van der Waals surface area contributed by atoms with Crippen LogP contribution in [-0.2, 0) is 14.4 Å². The van der Waals surface area contributed by atoms with E-state index in [1.54, 1.807) is 89.0 Å². The van der Waals surface area contributed by atoms with Crippen LogP contribution in [0.15, 0.2) is 107 Å². The molecule has 12 aromatic rings. The van der Waals surface area contributed by atoms with Crippen LogP contribution in [0.4, 0.5) is 73.6 Å². The number of aromatic nitrogens is 9. The second kappa shape index (κ2) is 40.1. The summed E-state index contributed by atoms with van der Waals surface area (Å²) in [5.74, 6) is -16.2. The first kappa shape index (κ1) is 102. The van der Waals surface area contributed by atoms with Gasteiger partial charge in [-0.3, -0.25) is 57.4 Å². The van der Waals surface area contributed by atoms with Gasteiger partial charge >= 0.3 is 0 Å². The number of nitriles is 3. The van der Waals surface area contributed by atoms with E-state index in [-0.39, 0.29) is 206 Å². The van der Waals surface area contributed by atoms with Crippen molar-refractivity contribution in [3.8, 4) is 69.0 Å². The van der Waals surface area contributed by atoms with Crippen LogP contribution in [0, 0.1) is 107 Å². The van der Waals surface area contributed by atoms with E-state index in [0.717, 1.165) is 4.57 Å². The van der Waals surface area contributed by atoms with Crippen molar-refractivity contribution in [3.63, 3.8) is 0 Å². The van der Waals surface area contributed by atoms with Gasteiger partial charge in [0.2, 0.25) is 17.7 Å². The number of nitrogens with two attached hydrogens (primary N) is 3. The smallest absolute Gasteiger partial charge is 0.276 e. The van der Waals surface area contributed by atoms with Crippen LogP contribution in [-0.4, -0.2) is 153 Å². The molecule has 3 aliphatic rings. The van der Waals surface area contributed by atoms with E-state index >= 15 is 17.6 Å². The van der Waals surface area contributed by atoms with Crippen LogP contribution >= 0.6 is 69.6 Å². The average Bonchev–Trinajstić information content (AvgIpc) is 0.726. The Morgan fingerprint density at radius 2 is 0.688 bits per heavy atom. The summed E-state index contributed by atoms with van der Waals surface area (Å²) >= 11 is 37.9. The molecule has 0 spiro atoms. The number of benzene rings is 3. The van der Waals surface area contributed by atoms with E-state index in [4.69, 9.17) is 91.8 Å². The molecule has 0 unspecified atom stereocenters. The molecular weight excluding hydrogens is 1930 g/mol. The number of hydrogen-bond donors (Lipinski definition) is 3. The number of anilines is 6. The number of fused-ring (bicyclic) bond motifs is 3. The lowest BCUT2D eigenvalue weighted by molar-refractivity contribution is -0.129. The van der Waals surface area contributed by atoms with Crippen molar-refractivity contribution in [3.05, 3.63) is 257 Å². The zero-order valence-corrected chi connectivity index (χ0v) is 80.3. The summed E-state index contributed by atoms with van der Waals surface area (Å²) in [5, 5.41) is 28.6. The Morgan fingerprint density at radius 1 is 0.399 bits per heavy atom. The summed E-state index contributed by atoms with van der Waals surface area (Å²) in [6.07, 6.45) is 8.39. The maximum absolute atomic E-state index is 15.6. The van der Waals surface area contributed by atoms with Crippen LogP contribution < -0.4 is 48.6 Å². The highest BCUT2D eigenvalue weighted by molar-refractivity contribution is 6.39. The zero-order valence-electron chi connectivity index (χ0n) is 75.8. The molecule has 0 radical (unpaired) electrons. The largest absolute Gasteiger partial charge is 0.397 e. The van der Waals surface area contributed by atoms with Crippen molar-refractivity contribution in [2.75, 3.05) is 90.8 Å². The van der Waals surface area contributed by atoms with Crippen LogP contribution in [0.3, 0.4) is 0 Å². The third-order valence-corrected chi connectivity index (χ3v) is 26.1. The number of hydrogen-bond acceptors (Lipinski definition) is 21. The number of pyridine rings is 9. The number of amides is 3. The van der Waals surface area contributed by atoms with Gasteiger partial charge in [0.25, 0.3) is 16.7 Å². The standard InChI is InChI=1S/C32H28Cl3F2N7O2.C32H28Cl2F3N7O2.C32H28ClF4N7O2/c1-6-20(45)43-10-9-42(13-16(43)5)30-17-11-19(33)28(21-24(36)22(34)25(37)23(35)26(21)39)41-31(17)44(32(46)18(30)12-38)29-15(4)7-8-40-27(29)14(2)3;1-6-20(45)43-10-9-42(13-16(43)5)30-17-11-19(33)28(21-23(35)22(34)25(37)26(39)24(21)36)41-31(17)44(32(46)18(30)12-38)29-15(4)7-8-40-27(29)14(2)3;1-6-20(45)43-10-9-42(13-16(43)5)30-17-11-19(33)28(21-22(34)23(35)24(36)25(37)26(21)39)41-31(17)44(32(46)18(30)12-38)29-15(4)7-8-40-27(29)14(2)3/h3*6-8,11,14,16H,1,9-10,13,39H2,2-5H3/t3*16-/m111/s1. The molecule has 12 heterocycles. The summed E-state index contributed by atoms with van der Waals surface area (Å²) in [4.78, 5) is 118. The number of nitrogens with zero attached hydrogens (tertiary/aromatic N) is 18. The van der Waals surface area contributed by atoms with E-state index in [1.165, 1.54) is 45.6 Å². The Hall–Kier alpha value is -13.8. The molecule has 9 aromatic heterocycles. The lowest BCUT2D eigenvalue weighted by Gasteiger charge is -2.41. The topological polar surface area (TPSA) is 363 Å². The predicted molar refractivity (Wildman–Crippen MR) is 516 cm³/mol. The maximum atomic E-state index is 15.6. The SMILES string of the molecule is C=CC(=O)N1CCN(c2c(C#N)c(=O)n(-c3c(C)ccnc3C(C)C)c3nc(-c4c(F)c(N)c(F)c(Cl)c4F)c(Cl)cc23)C[C@H]1C.C=CC(=O)N1CCN(c2c(C#N)c(=O)n(-c3c(C)ccnc3C(C)C)c3nc(-c4c(N)c(Cl)c(F)c(Cl)c4F)c(Cl)cc23)C[C@H]1C.C=CC(=O)N1CCN(c2c(C#N)c(=O)n(-c3c(C)ccnc3C(C)C)c3nc(-c4c(N)c(F)c(F)c(F)c4F)c(Cl)cc23)C[C@H]1C. The van der Waals surface area contributed by atoms with Gasteiger partial charge in [-0.25, -0.2) is 54.5 Å². The molecule has 138 heavy (non-hydrogen) atoms. The minimum atomic E-state index is -2.12. The fraction of sp³-hybridized carbons (Fsp3) is 0.281. The van der Waals surface area contributed by atoms with Gasteiger partial charge < -0.3 is 46.6 Å². The quantitative estimate of drug-likeness (QED) is 0.0282. The fourth-order valence-electron chi connectivity index (χ4n) is 17.5. The van der Waals surface area contributed by atoms with E-state index in [2.05, 4.69) is 50.7 Å². The minimum absolute atomic E-state index is 0.00372. The highest BCUT2D eigenvalue weighted by Crippen LogP contribution is 2.49. The molecule has 0 aliphatic carbocycles. The van der Waals surface area contributed by atoms with Crippen LogP contribution in [0.5, 0.6) is 0 Å². The summed E-state index contributed by atoms with van der Waals surface area (Å²) in [7, 11) is 0. The monoisotopic (exact) mass is 2010 g/mol. The molecule has 3 aromatic carbocycles. The summed E-state index contributed by atoms with van der Waals surface area (Å²) < 4.78 is 137. The Morgan fingerprint density at radius 3 is 0.986 bits per heavy atom. The first-order chi connectivity index (χ1) is 65.2. The molecule has 6 N–H and O–H groups in total. The van der Waals surface area contributed by atoms with Crippen molar-refractivity contribution in [1.82, 2.24) is 58.3 Å². The first-order valence-corrected chi connectivity index (χ1v) is 44.9. The summed E-state index contributed by atoms with van der Waals surface area (Å²) in [6, 6.07) is 14.2. The third-order valence-electron chi connectivity index (χ3n) is 24.2. The van der Waals surface area contributed by atoms with E-state index in [0.29, 0.717) is 45.1 Å². The van der Waals surface area contributed by atoms with Gasteiger partial charge in [-0.1, -0.05) is 131 Å². The molecule has 0 bridgehead atoms. The number of piperazine rings is 3. The average molecular weight is 2010 g/mol. The van der Waals surface area contributed by atoms with Gasteiger partial charge in [-0.15, -0.1) is 0 Å². The van der Waals surface area contributed by atoms with E-state index in [1.807, 2.05) is 72.4 Å². The molecule has 15 rings (SSSR count). The second-order valence-corrected chi connectivity index (χ2v) is 36.1. The third kappa shape index (κ3) is 17.6. The number of carbonyl (C=O) groups is 3. The normalized spacial score (nSPS) is 15.0.